The van der Waals surface area contributed by atoms with E-state index < -0.39 is 0 Å². The molecule has 3 rings (SSSR count). The summed E-state index contributed by atoms with van der Waals surface area (Å²) < 4.78 is 7.61. The zero-order chi connectivity index (χ0) is 19.9. The maximum atomic E-state index is 5.72. The Bertz CT molecular complexity index is 734. The van der Waals surface area contributed by atoms with Gasteiger partial charge in [-0.25, -0.2) is 0 Å². The maximum absolute atomic E-state index is 5.72. The minimum atomic E-state index is 0.162. The first kappa shape index (κ1) is 20.5. The lowest BCUT2D eigenvalue weighted by Crippen LogP contribution is -2.41. The highest BCUT2D eigenvalue weighted by molar-refractivity contribution is 5.80. The second kappa shape index (κ2) is 9.78. The highest BCUT2D eigenvalue weighted by Gasteiger charge is 2.27. The van der Waals surface area contributed by atoms with Crippen LogP contribution in [0.25, 0.3) is 0 Å². The van der Waals surface area contributed by atoms with E-state index in [9.17, 15) is 0 Å². The second-order valence-corrected chi connectivity index (χ2v) is 7.33. The molecule has 0 amide bonds. The Hall–Kier alpha value is -2.28. The number of rotatable bonds is 8. The molecule has 0 saturated carbocycles. The van der Waals surface area contributed by atoms with E-state index >= 15 is 0 Å². The monoisotopic (exact) mass is 386 g/mol. The molecule has 2 aromatic rings. The zero-order valence-corrected chi connectivity index (χ0v) is 17.6. The van der Waals surface area contributed by atoms with Crippen LogP contribution in [0, 0.1) is 0 Å². The molecule has 0 bridgehead atoms. The van der Waals surface area contributed by atoms with Gasteiger partial charge in [-0.3, -0.25) is 14.6 Å². The van der Waals surface area contributed by atoms with Gasteiger partial charge in [-0.1, -0.05) is 13.8 Å². The first-order valence-corrected chi connectivity index (χ1v) is 10.4. The van der Waals surface area contributed by atoms with Gasteiger partial charge in [-0.15, -0.1) is 0 Å². The van der Waals surface area contributed by atoms with Gasteiger partial charge in [0.05, 0.1) is 25.0 Å². The quantitative estimate of drug-likeness (QED) is 0.558. The van der Waals surface area contributed by atoms with Crippen molar-refractivity contribution in [2.75, 3.05) is 39.3 Å². The molecule has 0 aliphatic carbocycles. The van der Waals surface area contributed by atoms with Crippen molar-refractivity contribution in [3.8, 4) is 0 Å². The summed E-state index contributed by atoms with van der Waals surface area (Å²) in [4.78, 5) is 9.79. The fraction of sp³-hybridized carbons (Fsp3) is 0.619. The van der Waals surface area contributed by atoms with Crippen molar-refractivity contribution in [2.24, 2.45) is 12.0 Å². The van der Waals surface area contributed by atoms with Crippen LogP contribution in [0.4, 0.5) is 0 Å². The molecular weight excluding hydrogens is 352 g/mol. The number of likely N-dealkylation sites (N-methyl/N-ethyl adjacent to an activating group) is 1. The summed E-state index contributed by atoms with van der Waals surface area (Å²) in [6, 6.07) is 4.18. The van der Waals surface area contributed by atoms with Crippen LogP contribution in [0.15, 0.2) is 40.2 Å². The number of nitrogens with one attached hydrogen (secondary N) is 1. The van der Waals surface area contributed by atoms with Gasteiger partial charge in [0.15, 0.2) is 5.96 Å². The average Bonchev–Trinajstić information content (AvgIpc) is 3.45. The number of hydrogen-bond acceptors (Lipinski definition) is 4. The van der Waals surface area contributed by atoms with Gasteiger partial charge in [-0.2, -0.15) is 5.10 Å². The van der Waals surface area contributed by atoms with E-state index in [2.05, 4.69) is 53.2 Å². The number of aromatic nitrogens is 2. The molecule has 3 heterocycles. The molecule has 1 aliphatic heterocycles. The fourth-order valence-electron chi connectivity index (χ4n) is 4.01. The van der Waals surface area contributed by atoms with Gasteiger partial charge < -0.3 is 14.6 Å². The van der Waals surface area contributed by atoms with Gasteiger partial charge in [0.1, 0.15) is 5.76 Å². The Morgan fingerprint density at radius 3 is 2.82 bits per heavy atom. The molecule has 2 unspecified atom stereocenters. The first-order chi connectivity index (χ1) is 13.7. The van der Waals surface area contributed by atoms with Gasteiger partial charge in [-0.05, 0) is 44.1 Å². The molecule has 7 nitrogen and oxygen atoms in total. The lowest BCUT2D eigenvalue weighted by molar-refractivity contribution is 0.198. The summed E-state index contributed by atoms with van der Waals surface area (Å²) in [5.74, 6) is 2.50. The van der Waals surface area contributed by atoms with Gasteiger partial charge in [0.2, 0.25) is 0 Å². The molecule has 1 fully saturated rings. The Labute approximate surface area is 168 Å². The number of furan rings is 1. The maximum Gasteiger partial charge on any atom is 0.194 e. The third-order valence-electron chi connectivity index (χ3n) is 5.56. The van der Waals surface area contributed by atoms with E-state index in [0.717, 1.165) is 50.9 Å². The summed E-state index contributed by atoms with van der Waals surface area (Å²) in [6.45, 7) is 12.0. The van der Waals surface area contributed by atoms with Gasteiger partial charge >= 0.3 is 0 Å². The average molecular weight is 387 g/mol. The van der Waals surface area contributed by atoms with Crippen molar-refractivity contribution in [2.45, 2.75) is 39.2 Å². The van der Waals surface area contributed by atoms with E-state index in [1.807, 2.05) is 24.0 Å². The highest BCUT2D eigenvalue weighted by atomic mass is 16.3. The number of hydrogen-bond donors (Lipinski definition) is 1. The number of guanidine groups is 1. The van der Waals surface area contributed by atoms with Crippen LogP contribution in [-0.4, -0.2) is 64.8 Å². The van der Waals surface area contributed by atoms with Crippen LogP contribution in [0.3, 0.4) is 0 Å². The van der Waals surface area contributed by atoms with E-state index in [0.29, 0.717) is 12.5 Å². The van der Waals surface area contributed by atoms with Crippen LogP contribution in [0.1, 0.15) is 50.5 Å². The predicted octanol–water partition coefficient (Wildman–Crippen LogP) is 2.85. The molecule has 2 aromatic heterocycles. The van der Waals surface area contributed by atoms with Crippen molar-refractivity contribution in [3.05, 3.63) is 42.1 Å². The Balaban J connectivity index is 1.72. The molecule has 2 atom stereocenters. The largest absolute Gasteiger partial charge is 0.468 e. The molecule has 0 aromatic carbocycles. The smallest absolute Gasteiger partial charge is 0.194 e. The Morgan fingerprint density at radius 1 is 1.39 bits per heavy atom. The molecule has 1 aliphatic rings. The van der Waals surface area contributed by atoms with Crippen LogP contribution in [0.2, 0.25) is 0 Å². The summed E-state index contributed by atoms with van der Waals surface area (Å²) in [5, 5.41) is 7.81. The Morgan fingerprint density at radius 2 is 2.21 bits per heavy atom. The normalized spacial score (nSPS) is 18.8. The van der Waals surface area contributed by atoms with Crippen molar-refractivity contribution >= 4 is 5.96 Å². The molecule has 0 radical (unpaired) electrons. The predicted molar refractivity (Wildman–Crippen MR) is 112 cm³/mol. The van der Waals surface area contributed by atoms with E-state index in [1.54, 1.807) is 6.26 Å². The van der Waals surface area contributed by atoms with Crippen molar-refractivity contribution in [3.63, 3.8) is 0 Å². The third kappa shape index (κ3) is 4.76. The highest BCUT2D eigenvalue weighted by Crippen LogP contribution is 2.27. The fourth-order valence-corrected chi connectivity index (χ4v) is 4.01. The molecule has 1 saturated heterocycles. The number of likely N-dealkylation sites (tertiary alicyclic amines) is 1. The molecule has 1 N–H and O–H groups in total. The molecule has 0 spiro atoms. The first-order valence-electron chi connectivity index (χ1n) is 10.4. The van der Waals surface area contributed by atoms with E-state index in [1.165, 1.54) is 5.56 Å². The molecule has 7 heteroatoms. The van der Waals surface area contributed by atoms with Crippen LogP contribution < -0.4 is 5.32 Å². The molecule has 28 heavy (non-hydrogen) atoms. The van der Waals surface area contributed by atoms with Crippen molar-refractivity contribution < 1.29 is 4.42 Å². The molecular formula is C21H34N6O. The van der Waals surface area contributed by atoms with E-state index in [4.69, 9.17) is 9.41 Å². The minimum Gasteiger partial charge on any atom is -0.468 e. The summed E-state index contributed by atoms with van der Waals surface area (Å²) in [7, 11) is 1.98. The summed E-state index contributed by atoms with van der Waals surface area (Å²) in [6.07, 6.45) is 7.00. The van der Waals surface area contributed by atoms with Crippen LogP contribution >= 0.6 is 0 Å². The number of aryl methyl sites for hydroxylation is 1. The topological polar surface area (TPSA) is 61.8 Å². The van der Waals surface area contributed by atoms with E-state index in [-0.39, 0.29) is 6.04 Å². The summed E-state index contributed by atoms with van der Waals surface area (Å²) in [5.41, 5.74) is 1.32. The molecule has 154 valence electrons. The van der Waals surface area contributed by atoms with Gasteiger partial charge in [0.25, 0.3) is 0 Å². The van der Waals surface area contributed by atoms with Crippen molar-refractivity contribution in [1.82, 2.24) is 24.9 Å². The lowest BCUT2D eigenvalue weighted by atomic mass is 10.0. The summed E-state index contributed by atoms with van der Waals surface area (Å²) >= 11 is 0. The number of aliphatic imine (C=N–C) groups is 1. The minimum absolute atomic E-state index is 0.162. The van der Waals surface area contributed by atoms with Gasteiger partial charge in [0, 0.05) is 38.8 Å². The second-order valence-electron chi connectivity index (χ2n) is 7.33. The standard InChI is InChI=1S/C21H34N6O/c1-5-22-21(27-11-10-17(16-27)18-13-24-25(4)15-18)23-14-19(26(6-2)7-3)20-9-8-12-28-20/h8-9,12-13,15,17,19H,5-7,10-11,14,16H2,1-4H3,(H,22,23). The number of nitrogens with zero attached hydrogens (tertiary/aromatic N) is 5. The van der Waals surface area contributed by atoms with Crippen LogP contribution in [-0.2, 0) is 7.05 Å². The Kier molecular flexibility index (Phi) is 7.14. The third-order valence-corrected chi connectivity index (χ3v) is 5.56. The zero-order valence-electron chi connectivity index (χ0n) is 17.6. The van der Waals surface area contributed by atoms with Crippen molar-refractivity contribution in [1.29, 1.82) is 0 Å². The van der Waals surface area contributed by atoms with Crippen LogP contribution in [0.5, 0.6) is 0 Å². The SMILES string of the molecule is CCNC(=NCC(c1ccco1)N(CC)CC)N1CCC(c2cnn(C)c2)C1. The lowest BCUT2D eigenvalue weighted by Gasteiger charge is -2.28.